The van der Waals surface area contributed by atoms with Crippen molar-refractivity contribution in [3.8, 4) is 0 Å². The van der Waals surface area contributed by atoms with Crippen LogP contribution in [0, 0.1) is 0 Å². The van der Waals surface area contributed by atoms with Gasteiger partial charge >= 0.3 is 30.4 Å². The molecule has 0 aromatic heterocycles. The summed E-state index contributed by atoms with van der Waals surface area (Å²) in [5, 5.41) is 0. The molecule has 0 aromatic rings. The molecule has 3 nitrogen and oxygen atoms in total. The fourth-order valence-corrected chi connectivity index (χ4v) is 0. The van der Waals surface area contributed by atoms with Gasteiger partial charge in [-0.05, 0) is 0 Å². The summed E-state index contributed by atoms with van der Waals surface area (Å²) in [6.07, 6.45) is 0. The quantitative estimate of drug-likeness (QED) is 0.520. The van der Waals surface area contributed by atoms with Crippen LogP contribution in [0.4, 0.5) is 0 Å². The average Bonchev–Trinajstić information content (AvgIpc) is 0.811. The molecule has 0 aliphatic heterocycles. The van der Waals surface area contributed by atoms with Gasteiger partial charge in [0.1, 0.15) is 0 Å². The second-order valence-electron chi connectivity index (χ2n) is 0.231. The number of hydrogen-bond donors (Lipinski definition) is 2. The van der Waals surface area contributed by atoms with E-state index in [1.165, 1.54) is 0 Å². The molecule has 0 aliphatic rings. The van der Waals surface area contributed by atoms with Crippen LogP contribution in [0.3, 0.4) is 0 Å². The Hall–Kier alpha value is 1.39. The van der Waals surface area contributed by atoms with Crippen LogP contribution in [0.15, 0.2) is 0 Å². The Bertz CT molecular complexity index is 29.9. The van der Waals surface area contributed by atoms with Gasteiger partial charge in [0.25, 0.3) is 0 Å². The van der Waals surface area contributed by atoms with Crippen LogP contribution >= 0.6 is 0 Å². The van der Waals surface area contributed by atoms with E-state index in [1.54, 1.807) is 0 Å². The SMILES string of the molecule is O=[Te](O)O.[Zr]. The second-order valence-corrected chi connectivity index (χ2v) is 1.55. The first-order chi connectivity index (χ1) is 1.73. The van der Waals surface area contributed by atoms with E-state index in [-0.39, 0.29) is 26.2 Å². The first kappa shape index (κ1) is 9.63. The third-order valence-electron chi connectivity index (χ3n) is 0. The molecule has 0 heterocycles. The number of hydrogen-bond acceptors (Lipinski definition) is 1. The van der Waals surface area contributed by atoms with E-state index in [9.17, 15) is 0 Å². The second kappa shape index (κ2) is 5.39. The molecule has 5 heavy (non-hydrogen) atoms. The summed E-state index contributed by atoms with van der Waals surface area (Å²) in [5.41, 5.74) is 0. The molecule has 0 saturated carbocycles. The van der Waals surface area contributed by atoms with Crippen LogP contribution in [0.5, 0.6) is 0 Å². The predicted octanol–water partition coefficient (Wildman–Crippen LogP) is -1.62. The maximum absolute atomic E-state index is 8.81. The zero-order valence-electron chi connectivity index (χ0n) is 2.21. The van der Waals surface area contributed by atoms with Crippen molar-refractivity contribution in [1.29, 1.82) is 0 Å². The van der Waals surface area contributed by atoms with E-state index in [0.29, 0.717) is 0 Å². The summed E-state index contributed by atoms with van der Waals surface area (Å²) in [5.74, 6) is 0. The van der Waals surface area contributed by atoms with Crippen LogP contribution in [0.1, 0.15) is 0 Å². The van der Waals surface area contributed by atoms with Crippen molar-refractivity contribution >= 4 is 20.4 Å². The van der Waals surface area contributed by atoms with Crippen LogP contribution < -0.4 is 0 Å². The Morgan fingerprint density at radius 3 is 1.40 bits per heavy atom. The standard InChI is InChI=1S/H2O3Te.Zr/c1-4(2)3;/h(H2,1,2,3);. The van der Waals surface area contributed by atoms with Crippen LogP contribution in [-0.4, -0.2) is 27.3 Å². The molecule has 0 atom stereocenters. The molecule has 0 fully saturated rings. The first-order valence-corrected chi connectivity index (χ1v) is 3.57. The summed E-state index contributed by atoms with van der Waals surface area (Å²) in [4.78, 5) is 0. The number of rotatable bonds is 0. The summed E-state index contributed by atoms with van der Waals surface area (Å²) in [6.45, 7) is 0. The predicted molar refractivity (Wildman–Crippen MR) is 10.9 cm³/mol. The summed E-state index contributed by atoms with van der Waals surface area (Å²) in [6, 6.07) is 0. The van der Waals surface area contributed by atoms with E-state index < -0.39 is 20.4 Å². The van der Waals surface area contributed by atoms with Crippen LogP contribution in [-0.2, 0) is 29.3 Å². The van der Waals surface area contributed by atoms with E-state index in [1.807, 2.05) is 0 Å². The van der Waals surface area contributed by atoms with Crippen molar-refractivity contribution in [2.24, 2.45) is 0 Å². The van der Waals surface area contributed by atoms with E-state index >= 15 is 0 Å². The minimum atomic E-state index is -3.61. The van der Waals surface area contributed by atoms with Crippen molar-refractivity contribution in [2.45, 2.75) is 0 Å². The van der Waals surface area contributed by atoms with E-state index in [2.05, 4.69) is 0 Å². The van der Waals surface area contributed by atoms with Crippen molar-refractivity contribution in [3.63, 3.8) is 0 Å². The van der Waals surface area contributed by atoms with Gasteiger partial charge in [-0.25, -0.2) is 0 Å². The summed E-state index contributed by atoms with van der Waals surface area (Å²) in [7, 11) is 0. The maximum Gasteiger partial charge on any atom is 0 e. The monoisotopic (exact) mass is 270 g/mol. The van der Waals surface area contributed by atoms with Crippen LogP contribution in [0.2, 0.25) is 0 Å². The van der Waals surface area contributed by atoms with Crippen molar-refractivity contribution in [3.05, 3.63) is 0 Å². The maximum atomic E-state index is 8.81. The molecule has 2 N–H and O–H groups in total. The molecule has 0 spiro atoms. The van der Waals surface area contributed by atoms with Gasteiger partial charge in [-0.3, -0.25) is 0 Å². The molecule has 5 heteroatoms. The third kappa shape index (κ3) is 32.0. The largest absolute Gasteiger partial charge is 0 e. The zero-order valence-corrected chi connectivity index (χ0v) is 7.00. The Morgan fingerprint density at radius 2 is 1.40 bits per heavy atom. The van der Waals surface area contributed by atoms with E-state index in [4.69, 9.17) is 10.0 Å². The van der Waals surface area contributed by atoms with Gasteiger partial charge in [0.2, 0.25) is 0 Å². The molecule has 30 valence electrons. The topological polar surface area (TPSA) is 57.5 Å². The van der Waals surface area contributed by atoms with Crippen molar-refractivity contribution in [2.75, 3.05) is 0 Å². The molecule has 0 radical (unpaired) electrons. The molecule has 0 bridgehead atoms. The Kier molecular flexibility index (Phi) is 10.4. The Morgan fingerprint density at radius 1 is 1.40 bits per heavy atom. The van der Waals surface area contributed by atoms with Crippen molar-refractivity contribution in [1.82, 2.24) is 0 Å². The third-order valence-corrected chi connectivity index (χ3v) is 0. The van der Waals surface area contributed by atoms with Crippen LogP contribution in [0.25, 0.3) is 0 Å². The Balaban J connectivity index is 0. The fourth-order valence-electron chi connectivity index (χ4n) is 0. The van der Waals surface area contributed by atoms with Crippen molar-refractivity contribution < 1.29 is 36.2 Å². The normalized spacial score (nSPS) is 7.00. The van der Waals surface area contributed by atoms with Gasteiger partial charge < -0.3 is 0 Å². The smallest absolute Gasteiger partial charge is 0 e. The fraction of sp³-hybridized carbons (Fsp3) is 0. The van der Waals surface area contributed by atoms with Gasteiger partial charge in [-0.15, -0.1) is 0 Å². The zero-order chi connectivity index (χ0) is 3.58. The van der Waals surface area contributed by atoms with Gasteiger partial charge in [0.15, 0.2) is 0 Å². The van der Waals surface area contributed by atoms with Gasteiger partial charge in [0, 0.05) is 26.2 Å². The molecule has 0 aromatic carbocycles. The Labute approximate surface area is 56.2 Å². The summed E-state index contributed by atoms with van der Waals surface area (Å²) < 4.78 is 23.3. The first-order valence-electron chi connectivity index (χ1n) is 0.532. The minimum absolute atomic E-state index is 0. The van der Waals surface area contributed by atoms with E-state index in [0.717, 1.165) is 0 Å². The minimum Gasteiger partial charge on any atom is 0 e. The van der Waals surface area contributed by atoms with Gasteiger partial charge in [-0.1, -0.05) is 0 Å². The molecular weight excluding hydrogens is 267 g/mol. The molecular formula is H2O3TeZr. The molecule has 0 rings (SSSR count). The summed E-state index contributed by atoms with van der Waals surface area (Å²) >= 11 is -3.61. The molecule has 0 aliphatic carbocycles. The van der Waals surface area contributed by atoms with Gasteiger partial charge in [0.05, 0.1) is 0 Å². The molecule has 0 saturated heterocycles. The molecule has 0 amide bonds. The molecule has 0 unspecified atom stereocenters. The van der Waals surface area contributed by atoms with Gasteiger partial charge in [-0.2, -0.15) is 0 Å². The average molecular weight is 269 g/mol.